The molecule has 0 spiro atoms. The smallest absolute Gasteiger partial charge is 0.244 e. The number of hydrogen-bond donors (Lipinski definition) is 1. The molecule has 3 rings (SSSR count). The number of carbonyl (C=O) groups excluding carboxylic acids is 1. The van der Waals surface area contributed by atoms with Gasteiger partial charge in [0.25, 0.3) is 0 Å². The first-order valence-corrected chi connectivity index (χ1v) is 7.05. The van der Waals surface area contributed by atoms with Gasteiger partial charge in [-0.3, -0.25) is 4.79 Å². The van der Waals surface area contributed by atoms with Gasteiger partial charge in [0.2, 0.25) is 5.91 Å². The lowest BCUT2D eigenvalue weighted by molar-refractivity contribution is -0.121. The Morgan fingerprint density at radius 3 is 2.79 bits per heavy atom. The molecule has 102 valence electrons. The second-order valence-corrected chi connectivity index (χ2v) is 5.63. The molecule has 1 aliphatic heterocycles. The van der Waals surface area contributed by atoms with E-state index < -0.39 is 5.82 Å². The van der Waals surface area contributed by atoms with Gasteiger partial charge in [-0.1, -0.05) is 11.6 Å². The maximum absolute atomic E-state index is 13.5. The quantitative estimate of drug-likeness (QED) is 0.924. The third-order valence-corrected chi connectivity index (χ3v) is 3.97. The molecule has 1 saturated heterocycles. The van der Waals surface area contributed by atoms with Crippen LogP contribution in [0.5, 0.6) is 0 Å². The lowest BCUT2D eigenvalue weighted by atomic mass is 10.0. The molecule has 1 aromatic rings. The molecule has 1 saturated carbocycles. The highest BCUT2D eigenvalue weighted by molar-refractivity contribution is 6.30. The summed E-state index contributed by atoms with van der Waals surface area (Å²) in [4.78, 5) is 14.0. The van der Waals surface area contributed by atoms with Gasteiger partial charge in [0.1, 0.15) is 5.82 Å². The van der Waals surface area contributed by atoms with Gasteiger partial charge >= 0.3 is 0 Å². The molecule has 1 atom stereocenters. The van der Waals surface area contributed by atoms with E-state index in [9.17, 15) is 9.18 Å². The second-order valence-electron chi connectivity index (χ2n) is 5.22. The molecule has 0 aromatic heterocycles. The van der Waals surface area contributed by atoms with Crippen molar-refractivity contribution in [2.24, 2.45) is 0 Å². The predicted molar refractivity (Wildman–Crippen MR) is 72.9 cm³/mol. The molecule has 2 aliphatic rings. The zero-order valence-electron chi connectivity index (χ0n) is 10.5. The van der Waals surface area contributed by atoms with Crippen LogP contribution in [0.25, 0.3) is 0 Å². The normalized spacial score (nSPS) is 23.8. The monoisotopic (exact) mass is 282 g/mol. The minimum Gasteiger partial charge on any atom is -0.311 e. The molecule has 1 N–H and O–H groups in total. The van der Waals surface area contributed by atoms with Crippen LogP contribution in [0.2, 0.25) is 5.02 Å². The summed E-state index contributed by atoms with van der Waals surface area (Å²) in [5, 5.41) is 3.44. The number of carbonyl (C=O) groups is 1. The van der Waals surface area contributed by atoms with E-state index in [0.717, 1.165) is 25.7 Å². The molecule has 1 unspecified atom stereocenters. The fourth-order valence-corrected chi connectivity index (χ4v) is 2.59. The maximum atomic E-state index is 13.5. The Hall–Kier alpha value is -1.13. The highest BCUT2D eigenvalue weighted by atomic mass is 35.5. The first-order chi connectivity index (χ1) is 9.15. The molecule has 0 radical (unpaired) electrons. The van der Waals surface area contributed by atoms with Crippen molar-refractivity contribution < 1.29 is 9.18 Å². The molecule has 1 amide bonds. The van der Waals surface area contributed by atoms with E-state index >= 15 is 0 Å². The molecule has 19 heavy (non-hydrogen) atoms. The number of halogens is 2. The number of rotatable bonds is 3. The van der Waals surface area contributed by atoms with E-state index in [1.807, 2.05) is 0 Å². The topological polar surface area (TPSA) is 32.3 Å². The molecule has 5 heteroatoms. The molecule has 2 fully saturated rings. The zero-order valence-corrected chi connectivity index (χ0v) is 11.3. The van der Waals surface area contributed by atoms with Gasteiger partial charge in [-0.25, -0.2) is 4.39 Å². The van der Waals surface area contributed by atoms with E-state index in [-0.39, 0.29) is 17.0 Å². The van der Waals surface area contributed by atoms with Crippen LogP contribution >= 0.6 is 11.6 Å². The summed E-state index contributed by atoms with van der Waals surface area (Å²) in [6.07, 6.45) is 4.10. The van der Waals surface area contributed by atoms with Gasteiger partial charge in [0, 0.05) is 18.3 Å². The van der Waals surface area contributed by atoms with Crippen molar-refractivity contribution in [3.05, 3.63) is 29.0 Å². The highest BCUT2D eigenvalue weighted by Crippen LogP contribution is 2.27. The zero-order chi connectivity index (χ0) is 13.4. The molecule has 1 aromatic carbocycles. The minimum atomic E-state index is -0.482. The van der Waals surface area contributed by atoms with E-state index in [1.54, 1.807) is 11.0 Å². The molecular weight excluding hydrogens is 267 g/mol. The van der Waals surface area contributed by atoms with Crippen molar-refractivity contribution in [1.29, 1.82) is 0 Å². The van der Waals surface area contributed by atoms with Crippen molar-refractivity contribution in [3.63, 3.8) is 0 Å². The van der Waals surface area contributed by atoms with E-state index in [4.69, 9.17) is 11.6 Å². The Kier molecular flexibility index (Phi) is 3.46. The van der Waals surface area contributed by atoms with Gasteiger partial charge < -0.3 is 10.2 Å². The number of benzene rings is 1. The third kappa shape index (κ3) is 2.74. The molecule has 1 aliphatic carbocycles. The highest BCUT2D eigenvalue weighted by Gasteiger charge is 2.34. The standard InChI is InChI=1S/C14H16ClFN2O/c15-11-6-5-10(8-12(11)16)18-7-1-2-13(14(18)19)17-9-3-4-9/h5-6,8-9,13,17H,1-4,7H2. The minimum absolute atomic E-state index is 0.0415. The average Bonchev–Trinajstić information content (AvgIpc) is 3.20. The van der Waals surface area contributed by atoms with Gasteiger partial charge in [0.15, 0.2) is 0 Å². The Morgan fingerprint density at radius 1 is 1.32 bits per heavy atom. The van der Waals surface area contributed by atoms with Crippen LogP contribution in [0.15, 0.2) is 18.2 Å². The Morgan fingerprint density at radius 2 is 2.11 bits per heavy atom. The number of anilines is 1. The summed E-state index contributed by atoms with van der Waals surface area (Å²) < 4.78 is 13.5. The van der Waals surface area contributed by atoms with Crippen LogP contribution in [0.1, 0.15) is 25.7 Å². The van der Waals surface area contributed by atoms with E-state index in [1.165, 1.54) is 12.1 Å². The van der Waals surface area contributed by atoms with Crippen molar-refractivity contribution >= 4 is 23.2 Å². The number of piperidine rings is 1. The number of hydrogen-bond acceptors (Lipinski definition) is 2. The Labute approximate surface area is 116 Å². The molecular formula is C14H16ClFN2O. The van der Waals surface area contributed by atoms with Crippen molar-refractivity contribution in [2.75, 3.05) is 11.4 Å². The van der Waals surface area contributed by atoms with Gasteiger partial charge in [-0.15, -0.1) is 0 Å². The number of amides is 1. The first-order valence-electron chi connectivity index (χ1n) is 6.67. The van der Waals surface area contributed by atoms with E-state index in [0.29, 0.717) is 18.3 Å². The van der Waals surface area contributed by atoms with Gasteiger partial charge in [-0.05, 0) is 43.9 Å². The molecule has 0 bridgehead atoms. The lowest BCUT2D eigenvalue weighted by Crippen LogP contribution is -2.51. The fraction of sp³-hybridized carbons (Fsp3) is 0.500. The summed E-state index contributed by atoms with van der Waals surface area (Å²) in [7, 11) is 0. The van der Waals surface area contributed by atoms with Crippen LogP contribution in [-0.2, 0) is 4.79 Å². The molecule has 3 nitrogen and oxygen atoms in total. The SMILES string of the molecule is O=C1C(NC2CC2)CCCN1c1ccc(Cl)c(F)c1. The summed E-state index contributed by atoms with van der Waals surface area (Å²) in [5.74, 6) is -0.441. The fourth-order valence-electron chi connectivity index (χ4n) is 2.47. The summed E-state index contributed by atoms with van der Waals surface area (Å²) in [6.45, 7) is 0.642. The predicted octanol–water partition coefficient (Wildman–Crippen LogP) is 2.73. The Balaban J connectivity index is 1.78. The summed E-state index contributed by atoms with van der Waals surface area (Å²) in [5.41, 5.74) is 0.592. The first kappa shape index (κ1) is 12.9. The van der Waals surface area contributed by atoms with Crippen molar-refractivity contribution in [2.45, 2.75) is 37.8 Å². The van der Waals surface area contributed by atoms with Crippen LogP contribution in [0, 0.1) is 5.82 Å². The Bertz CT molecular complexity index is 504. The van der Waals surface area contributed by atoms with Crippen LogP contribution in [0.3, 0.4) is 0 Å². The van der Waals surface area contributed by atoms with E-state index in [2.05, 4.69) is 5.32 Å². The maximum Gasteiger partial charge on any atom is 0.244 e. The molecule has 1 heterocycles. The van der Waals surface area contributed by atoms with Crippen molar-refractivity contribution in [3.8, 4) is 0 Å². The van der Waals surface area contributed by atoms with Crippen LogP contribution in [-0.4, -0.2) is 24.5 Å². The van der Waals surface area contributed by atoms with Gasteiger partial charge in [0.05, 0.1) is 11.1 Å². The van der Waals surface area contributed by atoms with Crippen LogP contribution < -0.4 is 10.2 Å². The lowest BCUT2D eigenvalue weighted by Gasteiger charge is -2.33. The average molecular weight is 283 g/mol. The second kappa shape index (κ2) is 5.10. The third-order valence-electron chi connectivity index (χ3n) is 3.67. The summed E-state index contributed by atoms with van der Waals surface area (Å²) in [6, 6.07) is 4.90. The van der Waals surface area contributed by atoms with Crippen LogP contribution in [0.4, 0.5) is 10.1 Å². The number of nitrogens with zero attached hydrogens (tertiary/aromatic N) is 1. The largest absolute Gasteiger partial charge is 0.311 e. The van der Waals surface area contributed by atoms with Gasteiger partial charge in [-0.2, -0.15) is 0 Å². The number of nitrogens with one attached hydrogen (secondary N) is 1. The van der Waals surface area contributed by atoms with Crippen molar-refractivity contribution in [1.82, 2.24) is 5.32 Å². The summed E-state index contributed by atoms with van der Waals surface area (Å²) >= 11 is 5.67.